The van der Waals surface area contributed by atoms with Crippen LogP contribution in [-0.4, -0.2) is 127 Å². The van der Waals surface area contributed by atoms with Crippen LogP contribution in [0.1, 0.15) is 80.4 Å². The van der Waals surface area contributed by atoms with Crippen molar-refractivity contribution in [3.8, 4) is 0 Å². The molecule has 4 N–H and O–H groups in total. The molecule has 0 radical (unpaired) electrons. The van der Waals surface area contributed by atoms with Crippen molar-refractivity contribution in [1.82, 2.24) is 5.32 Å². The number of fused-ring (bicyclic) bond motifs is 3. The van der Waals surface area contributed by atoms with Crippen LogP contribution in [0.25, 0.3) is 0 Å². The summed E-state index contributed by atoms with van der Waals surface area (Å²) in [6, 6.07) is 19.3. The van der Waals surface area contributed by atoms with E-state index in [9.17, 15) is 41.8 Å². The maximum absolute atomic E-state index is 14.0. The predicted octanol–water partition coefficient (Wildman–Crippen LogP) is 9.99. The Labute approximate surface area is 509 Å². The Kier molecular flexibility index (Phi) is 23.2. The number of anilines is 2. The van der Waals surface area contributed by atoms with Crippen molar-refractivity contribution < 1.29 is 75.0 Å². The SMILES string of the molecule is CO[C@@H](C(=O)NC1CSc2ccccc2N(Cc2cc(F)cc(F)c2)C1=O)[C@@H]1OC(C)(C)O[C@H](/C=C/C(C)(C)C)[C@@H]1O.CO[C@H]1C(=O)O[C@@H]2[C@H]1OC(C)(C)O[C@@H]2/C=C/C(C)(C)C.Cl.NC1CSc2ccccc2N(Cc2cc(F)cc(F)c2)C1=O. The number of allylic oxidation sites excluding steroid dienone is 2. The van der Waals surface area contributed by atoms with Gasteiger partial charge in [-0.3, -0.25) is 14.4 Å². The van der Waals surface area contributed by atoms with Gasteiger partial charge in [-0.2, -0.15) is 0 Å². The van der Waals surface area contributed by atoms with Crippen LogP contribution in [0.5, 0.6) is 0 Å². The minimum absolute atomic E-state index is 0. The fourth-order valence-electron chi connectivity index (χ4n) is 9.83. The molecule has 2 unspecified atom stereocenters. The molecular weight excluding hydrogens is 1170 g/mol. The van der Waals surface area contributed by atoms with Crippen LogP contribution in [0.3, 0.4) is 0 Å². The highest BCUT2D eigenvalue weighted by molar-refractivity contribution is 7.99. The second-order valence-electron chi connectivity index (χ2n) is 23.9. The van der Waals surface area contributed by atoms with Crippen LogP contribution < -0.4 is 20.9 Å². The Bertz CT molecular complexity index is 3030. The molecule has 0 spiro atoms. The Morgan fingerprint density at radius 1 is 0.706 bits per heavy atom. The number of nitrogens with one attached hydrogen (secondary N) is 1. The lowest BCUT2D eigenvalue weighted by molar-refractivity contribution is -0.334. The molecule has 85 heavy (non-hydrogen) atoms. The van der Waals surface area contributed by atoms with Crippen LogP contribution in [0.2, 0.25) is 0 Å². The zero-order valence-electron chi connectivity index (χ0n) is 49.6. The monoisotopic (exact) mass is 1240 g/mol. The van der Waals surface area contributed by atoms with Gasteiger partial charge in [0.25, 0.3) is 11.8 Å². The fourth-order valence-corrected chi connectivity index (χ4v) is 11.9. The number of thioether (sulfide) groups is 2. The van der Waals surface area contributed by atoms with E-state index in [4.69, 9.17) is 38.9 Å². The lowest BCUT2D eigenvalue weighted by Crippen LogP contribution is -2.62. The smallest absolute Gasteiger partial charge is 0.338 e. The number of hydrogen-bond donors (Lipinski definition) is 3. The van der Waals surface area contributed by atoms with Crippen molar-refractivity contribution in [3.63, 3.8) is 0 Å². The zero-order valence-corrected chi connectivity index (χ0v) is 52.1. The first-order valence-corrected chi connectivity index (χ1v) is 29.4. The number of carbonyl (C=O) groups excluding carboxylic acids is 4. The van der Waals surface area contributed by atoms with Gasteiger partial charge in [-0.25, -0.2) is 22.4 Å². The van der Waals surface area contributed by atoms with Gasteiger partial charge < -0.3 is 59.1 Å². The van der Waals surface area contributed by atoms with E-state index in [1.54, 1.807) is 32.1 Å². The summed E-state index contributed by atoms with van der Waals surface area (Å²) in [5.74, 6) is -5.82. The van der Waals surface area contributed by atoms with Gasteiger partial charge in [0.2, 0.25) is 5.91 Å². The fraction of sp³-hybridized carbons (Fsp3) is 0.484. The summed E-state index contributed by atoms with van der Waals surface area (Å²) in [7, 11) is 2.81. The van der Waals surface area contributed by atoms with Crippen LogP contribution in [-0.2, 0) is 65.4 Å². The average molecular weight is 1250 g/mol. The lowest BCUT2D eigenvalue weighted by Gasteiger charge is -2.45. The van der Waals surface area contributed by atoms with Crippen molar-refractivity contribution in [1.29, 1.82) is 0 Å². The van der Waals surface area contributed by atoms with Crippen LogP contribution in [0.4, 0.5) is 28.9 Å². The van der Waals surface area contributed by atoms with Crippen molar-refractivity contribution in [2.24, 2.45) is 16.6 Å². The number of methoxy groups -OCH3 is 2. The topological polar surface area (TPSA) is 198 Å². The molecule has 0 aliphatic carbocycles. The highest BCUT2D eigenvalue weighted by Gasteiger charge is 2.56. The number of hydrogen-bond acceptors (Lipinski definition) is 15. The summed E-state index contributed by atoms with van der Waals surface area (Å²) in [5, 5.41) is 14.0. The standard InChI is InChI=1S/C31H38F2N2O6S.C16H14F2N2OS.C15H24O5.ClH/c1-30(2,3)12-11-23-25(36)26(41-31(4,5)40-23)27(39-6)28(37)34-21-17-42-24-10-8-7-9-22(24)35(29(21)38)16-18-13-19(32)15-20(33)14-18;17-11-5-10(6-12(18)7-11)8-20-14-3-1-2-4-15(14)22-9-13(19)16(20)21;1-14(2,3)8-7-9-10-11(20-15(4,5)19-9)12(17-6)13(16)18-10;/h7-15,21,23,25-27,36H,16-17H2,1-6H3,(H,34,37);1-7,13H,8-9,19H2;7-12H,1-6H3;1H/b12-11+;;8-7+;/t21?,23-,25+,26-,27-;;9-,10+,11-,12-;/m1.1./s1. The van der Waals surface area contributed by atoms with E-state index >= 15 is 0 Å². The molecule has 0 saturated carbocycles. The van der Waals surface area contributed by atoms with E-state index in [0.717, 1.165) is 27.6 Å². The summed E-state index contributed by atoms with van der Waals surface area (Å²) >= 11 is 2.88. The number of rotatable bonds is 11. The van der Waals surface area contributed by atoms with Gasteiger partial charge in [-0.15, -0.1) is 35.9 Å². The van der Waals surface area contributed by atoms with Crippen molar-refractivity contribution in [3.05, 3.63) is 144 Å². The average Bonchev–Trinajstić information content (AvgIpc) is 2.08. The van der Waals surface area contributed by atoms with Gasteiger partial charge in [0.05, 0.1) is 30.5 Å². The highest BCUT2D eigenvalue weighted by Crippen LogP contribution is 2.39. The zero-order chi connectivity index (χ0) is 61.6. The molecule has 4 aromatic rings. The quantitative estimate of drug-likeness (QED) is 0.0728. The molecule has 23 heteroatoms. The lowest BCUT2D eigenvalue weighted by atomic mass is 9.93. The molecule has 5 aliphatic rings. The second kappa shape index (κ2) is 28.6. The van der Waals surface area contributed by atoms with Crippen molar-refractivity contribution in [2.45, 2.75) is 165 Å². The third-order valence-electron chi connectivity index (χ3n) is 13.5. The molecule has 3 fully saturated rings. The minimum Gasteiger partial charge on any atom is -0.454 e. The number of amides is 3. The van der Waals surface area contributed by atoms with Gasteiger partial charge in [-0.05, 0) is 98.2 Å². The summed E-state index contributed by atoms with van der Waals surface area (Å²) < 4.78 is 94.4. The molecule has 9 rings (SSSR count). The van der Waals surface area contributed by atoms with Gasteiger partial charge in [0.1, 0.15) is 59.8 Å². The van der Waals surface area contributed by atoms with E-state index in [0.29, 0.717) is 17.0 Å². The summed E-state index contributed by atoms with van der Waals surface area (Å²) in [4.78, 5) is 56.4. The van der Waals surface area contributed by atoms with E-state index in [1.807, 2.05) is 83.2 Å². The molecule has 4 aromatic carbocycles. The van der Waals surface area contributed by atoms with Crippen LogP contribution in [0.15, 0.2) is 119 Å². The summed E-state index contributed by atoms with van der Waals surface area (Å²) in [6.07, 6.45) is 1.38. The molecule has 0 aromatic heterocycles. The Morgan fingerprint density at radius 2 is 1.16 bits per heavy atom. The summed E-state index contributed by atoms with van der Waals surface area (Å²) in [5.41, 5.74) is 7.70. The highest BCUT2D eigenvalue weighted by atomic mass is 35.5. The maximum atomic E-state index is 14.0. The molecule has 5 heterocycles. The number of aliphatic hydroxyl groups is 1. The van der Waals surface area contributed by atoms with E-state index in [1.165, 1.54) is 71.8 Å². The normalized spacial score (nSPS) is 25.8. The van der Waals surface area contributed by atoms with E-state index in [-0.39, 0.29) is 59.7 Å². The molecule has 10 atom stereocenters. The third kappa shape index (κ3) is 18.3. The number of esters is 1. The first-order chi connectivity index (χ1) is 39.3. The number of aliphatic hydroxyl groups excluding tert-OH is 1. The molecule has 464 valence electrons. The minimum atomic E-state index is -1.28. The first kappa shape index (κ1) is 68.7. The molecule has 0 bridgehead atoms. The van der Waals surface area contributed by atoms with Gasteiger partial charge in [0.15, 0.2) is 29.9 Å². The summed E-state index contributed by atoms with van der Waals surface area (Å²) in [6.45, 7) is 19.3. The number of ether oxygens (including phenoxy) is 7. The largest absolute Gasteiger partial charge is 0.454 e. The van der Waals surface area contributed by atoms with Gasteiger partial charge in [-0.1, -0.05) is 90.1 Å². The Balaban J connectivity index is 0.000000225. The first-order valence-electron chi connectivity index (χ1n) is 27.4. The number of benzene rings is 4. The number of para-hydroxylation sites is 2. The molecule has 3 saturated heterocycles. The van der Waals surface area contributed by atoms with Crippen molar-refractivity contribution >= 4 is 71.0 Å². The van der Waals surface area contributed by atoms with Crippen LogP contribution in [0, 0.1) is 34.1 Å². The van der Waals surface area contributed by atoms with Crippen molar-refractivity contribution in [2.75, 3.05) is 35.5 Å². The maximum Gasteiger partial charge on any atom is 0.338 e. The second-order valence-corrected chi connectivity index (χ2v) is 26.0. The molecule has 5 aliphatic heterocycles. The number of halogens is 5. The number of nitrogens with zero attached hydrogens (tertiary/aromatic N) is 2. The molecular formula is C62H77ClF4N4O12S2. The van der Waals surface area contributed by atoms with Gasteiger partial charge in [0, 0.05) is 47.6 Å². The number of carbonyl (C=O) groups is 4. The Morgan fingerprint density at radius 3 is 1.66 bits per heavy atom. The molecule has 3 amide bonds. The predicted molar refractivity (Wildman–Crippen MR) is 319 cm³/mol. The third-order valence-corrected chi connectivity index (χ3v) is 15.9. The Hall–Kier alpha value is -5.37. The van der Waals surface area contributed by atoms with Crippen LogP contribution >= 0.6 is 35.9 Å². The van der Waals surface area contributed by atoms with Gasteiger partial charge >= 0.3 is 5.97 Å². The van der Waals surface area contributed by atoms with E-state index < -0.39 is 107 Å². The molecule has 16 nitrogen and oxygen atoms in total. The van der Waals surface area contributed by atoms with E-state index in [2.05, 4.69) is 32.2 Å². The number of nitrogens with two attached hydrogens (primary N) is 1.